The number of nitrogens with zero attached hydrogens (tertiary/aromatic N) is 4. The number of benzene rings is 1. The summed E-state index contributed by atoms with van der Waals surface area (Å²) in [7, 11) is 0. The number of aryl methyl sites for hydroxylation is 1. The fourth-order valence-electron chi connectivity index (χ4n) is 3.76. The van der Waals surface area contributed by atoms with Gasteiger partial charge in [0.25, 0.3) is 11.5 Å². The summed E-state index contributed by atoms with van der Waals surface area (Å²) >= 11 is 0. The van der Waals surface area contributed by atoms with E-state index in [1.807, 2.05) is 26.8 Å². The Labute approximate surface area is 194 Å². The number of halogens is 1. The van der Waals surface area contributed by atoms with Gasteiger partial charge in [0.1, 0.15) is 22.7 Å². The van der Waals surface area contributed by atoms with Crippen LogP contribution in [0.3, 0.4) is 0 Å². The molecule has 0 aliphatic carbocycles. The van der Waals surface area contributed by atoms with Crippen LogP contribution in [0.2, 0.25) is 0 Å². The SMILES string of the molecule is CCOC(=O)c1cc2c(=O)n3cccc(C)c3nc2n(C(C)C)c1=NC(=O)c1ccc(F)cc1. The van der Waals surface area contributed by atoms with E-state index in [2.05, 4.69) is 4.99 Å². The minimum absolute atomic E-state index is 0.0140. The van der Waals surface area contributed by atoms with Crippen LogP contribution in [0.4, 0.5) is 4.39 Å². The summed E-state index contributed by atoms with van der Waals surface area (Å²) < 4.78 is 21.5. The van der Waals surface area contributed by atoms with Gasteiger partial charge in [-0.3, -0.25) is 14.0 Å². The minimum Gasteiger partial charge on any atom is -0.462 e. The molecule has 174 valence electrons. The molecule has 1 aromatic carbocycles. The molecule has 4 rings (SSSR count). The molecule has 0 aliphatic heterocycles. The van der Waals surface area contributed by atoms with E-state index in [1.54, 1.807) is 23.8 Å². The van der Waals surface area contributed by atoms with Gasteiger partial charge in [-0.25, -0.2) is 14.2 Å². The lowest BCUT2D eigenvalue weighted by molar-refractivity contribution is 0.0523. The van der Waals surface area contributed by atoms with Crippen LogP contribution in [0, 0.1) is 12.7 Å². The van der Waals surface area contributed by atoms with Gasteiger partial charge in [-0.2, -0.15) is 4.99 Å². The molecule has 0 atom stereocenters. The number of amides is 1. The van der Waals surface area contributed by atoms with Crippen molar-refractivity contribution in [2.75, 3.05) is 6.61 Å². The molecule has 0 N–H and O–H groups in total. The standard InChI is InChI=1S/C25H23FN4O4/c1-5-34-25(33)19-13-18-21(27-20-15(4)7-6-12-29(20)24(18)32)30(14(2)3)22(19)28-23(31)16-8-10-17(26)11-9-16/h6-14H,5H2,1-4H3. The number of pyridine rings is 2. The highest BCUT2D eigenvalue weighted by atomic mass is 19.1. The van der Waals surface area contributed by atoms with Crippen LogP contribution < -0.4 is 11.0 Å². The van der Waals surface area contributed by atoms with E-state index in [9.17, 15) is 18.8 Å². The Balaban J connectivity index is 2.16. The number of aromatic nitrogens is 3. The van der Waals surface area contributed by atoms with Gasteiger partial charge in [-0.15, -0.1) is 0 Å². The molecule has 3 heterocycles. The topological polar surface area (TPSA) is 95.0 Å². The van der Waals surface area contributed by atoms with Gasteiger partial charge >= 0.3 is 5.97 Å². The van der Waals surface area contributed by atoms with Crippen molar-refractivity contribution in [3.63, 3.8) is 0 Å². The molecule has 34 heavy (non-hydrogen) atoms. The van der Waals surface area contributed by atoms with Crippen molar-refractivity contribution in [3.8, 4) is 0 Å². The normalized spacial score (nSPS) is 12.0. The van der Waals surface area contributed by atoms with E-state index in [0.717, 1.165) is 17.7 Å². The zero-order valence-corrected chi connectivity index (χ0v) is 19.2. The lowest BCUT2D eigenvalue weighted by Gasteiger charge is -2.18. The largest absolute Gasteiger partial charge is 0.462 e. The fourth-order valence-corrected chi connectivity index (χ4v) is 3.76. The second-order valence-corrected chi connectivity index (χ2v) is 8.03. The Bertz CT molecular complexity index is 1570. The molecule has 3 aromatic heterocycles. The highest BCUT2D eigenvalue weighted by Crippen LogP contribution is 2.17. The number of carbonyl (C=O) groups excluding carboxylic acids is 2. The van der Waals surface area contributed by atoms with Crippen molar-refractivity contribution >= 4 is 28.6 Å². The molecule has 8 nitrogen and oxygen atoms in total. The third-order valence-corrected chi connectivity index (χ3v) is 5.36. The Kier molecular flexibility index (Phi) is 6.10. The van der Waals surface area contributed by atoms with E-state index in [0.29, 0.717) is 5.65 Å². The maximum absolute atomic E-state index is 13.4. The number of carbonyl (C=O) groups is 2. The van der Waals surface area contributed by atoms with E-state index in [1.165, 1.54) is 22.6 Å². The van der Waals surface area contributed by atoms with Crippen molar-refractivity contribution in [3.05, 3.63) is 87.0 Å². The van der Waals surface area contributed by atoms with Gasteiger partial charge in [-0.1, -0.05) is 6.07 Å². The maximum atomic E-state index is 13.4. The Morgan fingerprint density at radius 3 is 2.50 bits per heavy atom. The molecule has 0 radical (unpaired) electrons. The first-order valence-electron chi connectivity index (χ1n) is 10.8. The zero-order valence-electron chi connectivity index (χ0n) is 19.2. The van der Waals surface area contributed by atoms with Gasteiger partial charge < -0.3 is 9.30 Å². The van der Waals surface area contributed by atoms with Crippen LogP contribution >= 0.6 is 0 Å². The number of fused-ring (bicyclic) bond motifs is 2. The minimum atomic E-state index is -0.724. The summed E-state index contributed by atoms with van der Waals surface area (Å²) in [4.78, 5) is 48.1. The second kappa shape index (κ2) is 9.01. The lowest BCUT2D eigenvalue weighted by Crippen LogP contribution is -2.33. The molecular formula is C25H23FN4O4. The van der Waals surface area contributed by atoms with Crippen LogP contribution in [0.15, 0.2) is 58.4 Å². The molecule has 1 amide bonds. The Hall–Kier alpha value is -4.14. The molecule has 0 aliphatic rings. The van der Waals surface area contributed by atoms with Gasteiger partial charge in [0.2, 0.25) is 0 Å². The van der Waals surface area contributed by atoms with E-state index in [-0.39, 0.29) is 45.9 Å². The molecule has 0 fully saturated rings. The van der Waals surface area contributed by atoms with E-state index < -0.39 is 17.7 Å². The first kappa shape index (κ1) is 23.0. The summed E-state index contributed by atoms with van der Waals surface area (Å²) in [5.41, 5.74) is 1.29. The molecule has 0 unspecified atom stereocenters. The second-order valence-electron chi connectivity index (χ2n) is 8.03. The summed E-state index contributed by atoms with van der Waals surface area (Å²) in [6.45, 7) is 7.25. The maximum Gasteiger partial charge on any atom is 0.341 e. The molecule has 9 heteroatoms. The predicted molar refractivity (Wildman–Crippen MR) is 124 cm³/mol. The summed E-state index contributed by atoms with van der Waals surface area (Å²) in [5.74, 6) is -1.88. The van der Waals surface area contributed by atoms with Gasteiger partial charge in [0.05, 0.1) is 12.0 Å². The van der Waals surface area contributed by atoms with Crippen LogP contribution in [-0.4, -0.2) is 32.4 Å². The van der Waals surface area contributed by atoms with Crippen molar-refractivity contribution in [1.29, 1.82) is 0 Å². The summed E-state index contributed by atoms with van der Waals surface area (Å²) in [6.07, 6.45) is 1.61. The predicted octanol–water partition coefficient (Wildman–Crippen LogP) is 3.60. The molecular weight excluding hydrogens is 439 g/mol. The number of hydrogen-bond donors (Lipinski definition) is 0. The summed E-state index contributed by atoms with van der Waals surface area (Å²) in [6, 6.07) is 9.56. The molecule has 4 aromatic rings. The Morgan fingerprint density at radius 1 is 1.15 bits per heavy atom. The fraction of sp³-hybridized carbons (Fsp3) is 0.240. The molecule has 0 spiro atoms. The number of hydrogen-bond acceptors (Lipinski definition) is 5. The monoisotopic (exact) mass is 462 g/mol. The van der Waals surface area contributed by atoms with Crippen molar-refractivity contribution < 1.29 is 18.7 Å². The van der Waals surface area contributed by atoms with Gasteiger partial charge in [-0.05, 0) is 69.7 Å². The van der Waals surface area contributed by atoms with Crippen LogP contribution in [0.5, 0.6) is 0 Å². The smallest absolute Gasteiger partial charge is 0.341 e. The third kappa shape index (κ3) is 4.00. The molecule has 0 saturated carbocycles. The molecule has 0 bridgehead atoms. The van der Waals surface area contributed by atoms with Gasteiger partial charge in [0, 0.05) is 17.8 Å². The van der Waals surface area contributed by atoms with Crippen LogP contribution in [-0.2, 0) is 4.74 Å². The first-order valence-corrected chi connectivity index (χ1v) is 10.8. The van der Waals surface area contributed by atoms with Gasteiger partial charge in [0.15, 0.2) is 5.49 Å². The zero-order chi connectivity index (χ0) is 24.6. The van der Waals surface area contributed by atoms with Crippen molar-refractivity contribution in [2.45, 2.75) is 33.7 Å². The van der Waals surface area contributed by atoms with Crippen molar-refractivity contribution in [1.82, 2.24) is 14.0 Å². The number of esters is 1. The quantitative estimate of drug-likeness (QED) is 0.341. The highest BCUT2D eigenvalue weighted by Gasteiger charge is 2.21. The third-order valence-electron chi connectivity index (χ3n) is 5.36. The Morgan fingerprint density at radius 2 is 1.85 bits per heavy atom. The average molecular weight is 462 g/mol. The average Bonchev–Trinajstić information content (AvgIpc) is 2.80. The van der Waals surface area contributed by atoms with E-state index in [4.69, 9.17) is 9.72 Å². The van der Waals surface area contributed by atoms with Crippen molar-refractivity contribution in [2.24, 2.45) is 4.99 Å². The number of rotatable bonds is 4. The number of ether oxygens (including phenoxy) is 1. The lowest BCUT2D eigenvalue weighted by atomic mass is 10.1. The van der Waals surface area contributed by atoms with Crippen LogP contribution in [0.25, 0.3) is 16.7 Å². The molecule has 0 saturated heterocycles. The summed E-state index contributed by atoms with van der Waals surface area (Å²) in [5, 5.41) is 0.188. The first-order chi connectivity index (χ1) is 16.2. The van der Waals surface area contributed by atoms with Crippen LogP contribution in [0.1, 0.15) is 53.1 Å². The highest BCUT2D eigenvalue weighted by molar-refractivity contribution is 5.97. The van der Waals surface area contributed by atoms with E-state index >= 15 is 0 Å².